The molecule has 0 atom stereocenters. The smallest absolute Gasteiger partial charge is 0.259 e. The van der Waals surface area contributed by atoms with Crippen molar-refractivity contribution < 1.29 is 9.53 Å². The van der Waals surface area contributed by atoms with Gasteiger partial charge in [-0.15, -0.1) is 0 Å². The van der Waals surface area contributed by atoms with E-state index in [1.54, 1.807) is 36.4 Å². The molecule has 0 spiro atoms. The molecule has 0 aliphatic carbocycles. The van der Waals surface area contributed by atoms with E-state index in [-0.39, 0.29) is 5.91 Å². The molecule has 0 saturated carbocycles. The molecule has 0 aliphatic heterocycles. The number of benzene rings is 3. The Labute approximate surface area is 146 Å². The van der Waals surface area contributed by atoms with Gasteiger partial charge in [0.2, 0.25) is 0 Å². The fraction of sp³-hybridized carbons (Fsp3) is 0.0476. The Balaban J connectivity index is 1.97. The normalized spacial score (nSPS) is 9.92. The minimum absolute atomic E-state index is 0.322. The van der Waals surface area contributed by atoms with E-state index in [1.807, 2.05) is 36.4 Å². The Bertz CT molecular complexity index is 944. The van der Waals surface area contributed by atoms with Gasteiger partial charge in [0.15, 0.2) is 0 Å². The van der Waals surface area contributed by atoms with Crippen LogP contribution in [0, 0.1) is 11.3 Å². The van der Waals surface area contributed by atoms with E-state index < -0.39 is 0 Å². The van der Waals surface area contributed by atoms with Crippen molar-refractivity contribution in [3.05, 3.63) is 83.9 Å². The van der Waals surface area contributed by atoms with Crippen LogP contribution in [0.15, 0.2) is 72.8 Å². The number of nitrogens with one attached hydrogen (secondary N) is 1. The van der Waals surface area contributed by atoms with Crippen LogP contribution in [0.5, 0.6) is 5.75 Å². The Hall–Kier alpha value is -3.58. The van der Waals surface area contributed by atoms with Gasteiger partial charge in [0.05, 0.1) is 23.9 Å². The van der Waals surface area contributed by atoms with Crippen molar-refractivity contribution in [1.29, 1.82) is 5.26 Å². The molecule has 3 rings (SSSR count). The quantitative estimate of drug-likeness (QED) is 0.768. The van der Waals surface area contributed by atoms with Gasteiger partial charge < -0.3 is 10.1 Å². The highest BCUT2D eigenvalue weighted by Gasteiger charge is 2.15. The lowest BCUT2D eigenvalue weighted by Gasteiger charge is -2.12. The van der Waals surface area contributed by atoms with Crippen LogP contribution in [0.3, 0.4) is 0 Å². The van der Waals surface area contributed by atoms with Gasteiger partial charge in [-0.1, -0.05) is 48.5 Å². The molecular weight excluding hydrogens is 312 g/mol. The predicted molar refractivity (Wildman–Crippen MR) is 97.5 cm³/mol. The summed E-state index contributed by atoms with van der Waals surface area (Å²) in [4.78, 5) is 12.7. The summed E-state index contributed by atoms with van der Waals surface area (Å²) in [6.07, 6.45) is 0. The number of nitrogens with zero attached hydrogens (tertiary/aromatic N) is 1. The molecule has 122 valence electrons. The second kappa shape index (κ2) is 7.33. The Morgan fingerprint density at radius 1 is 0.960 bits per heavy atom. The van der Waals surface area contributed by atoms with Gasteiger partial charge in [0, 0.05) is 0 Å². The first kappa shape index (κ1) is 16.3. The van der Waals surface area contributed by atoms with Crippen molar-refractivity contribution in [2.24, 2.45) is 0 Å². The predicted octanol–water partition coefficient (Wildman–Crippen LogP) is 4.49. The largest absolute Gasteiger partial charge is 0.496 e. The minimum atomic E-state index is -0.322. The molecule has 0 bridgehead atoms. The summed E-state index contributed by atoms with van der Waals surface area (Å²) in [5.74, 6) is 0.156. The zero-order valence-electron chi connectivity index (χ0n) is 13.7. The van der Waals surface area contributed by atoms with Gasteiger partial charge in [-0.2, -0.15) is 5.26 Å². The number of nitriles is 1. The number of hydrogen-bond acceptors (Lipinski definition) is 3. The highest BCUT2D eigenvalue weighted by atomic mass is 16.5. The lowest BCUT2D eigenvalue weighted by atomic mass is 10.0. The highest BCUT2D eigenvalue weighted by molar-refractivity contribution is 6.07. The molecular formula is C21H16N2O2. The number of hydrogen-bond donors (Lipinski definition) is 1. The van der Waals surface area contributed by atoms with E-state index in [2.05, 4.69) is 11.4 Å². The van der Waals surface area contributed by atoms with Gasteiger partial charge in [0.1, 0.15) is 11.8 Å². The van der Waals surface area contributed by atoms with Crippen LogP contribution in [0.2, 0.25) is 0 Å². The minimum Gasteiger partial charge on any atom is -0.496 e. The Kier molecular flexibility index (Phi) is 4.77. The van der Waals surface area contributed by atoms with E-state index in [4.69, 9.17) is 10.00 Å². The highest BCUT2D eigenvalue weighted by Crippen LogP contribution is 2.27. The Morgan fingerprint density at radius 3 is 2.40 bits per heavy atom. The van der Waals surface area contributed by atoms with Crippen LogP contribution in [0.1, 0.15) is 15.9 Å². The summed E-state index contributed by atoms with van der Waals surface area (Å²) in [5.41, 5.74) is 3.23. The molecule has 0 fully saturated rings. The van der Waals surface area contributed by atoms with E-state index in [0.717, 1.165) is 11.1 Å². The van der Waals surface area contributed by atoms with Gasteiger partial charge in [0.25, 0.3) is 5.91 Å². The van der Waals surface area contributed by atoms with Crippen LogP contribution >= 0.6 is 0 Å². The summed E-state index contributed by atoms with van der Waals surface area (Å²) in [6, 6.07) is 24.2. The van der Waals surface area contributed by atoms with Crippen molar-refractivity contribution in [3.8, 4) is 22.9 Å². The van der Waals surface area contributed by atoms with Crippen molar-refractivity contribution in [3.63, 3.8) is 0 Å². The molecule has 0 unspecified atom stereocenters. The standard InChI is InChI=1S/C21H16N2O2/c1-25-20-12-11-16(15-7-3-2-4-8-15)13-18(20)21(24)23-19-10-6-5-9-17(19)14-22/h2-13H,1H3,(H,23,24). The number of carbonyl (C=O) groups excluding carboxylic acids is 1. The second-order valence-electron chi connectivity index (χ2n) is 5.39. The molecule has 4 nitrogen and oxygen atoms in total. The van der Waals surface area contributed by atoms with E-state index in [1.165, 1.54) is 7.11 Å². The Morgan fingerprint density at radius 2 is 1.68 bits per heavy atom. The number of ether oxygens (including phenoxy) is 1. The number of anilines is 1. The van der Waals surface area contributed by atoms with Crippen LogP contribution in [-0.2, 0) is 0 Å². The van der Waals surface area contributed by atoms with E-state index >= 15 is 0 Å². The van der Waals surface area contributed by atoms with Crippen molar-refractivity contribution in [2.45, 2.75) is 0 Å². The lowest BCUT2D eigenvalue weighted by Crippen LogP contribution is -2.14. The molecule has 3 aromatic carbocycles. The SMILES string of the molecule is COc1ccc(-c2ccccc2)cc1C(=O)Nc1ccccc1C#N. The zero-order valence-corrected chi connectivity index (χ0v) is 13.7. The third-order valence-electron chi connectivity index (χ3n) is 3.85. The maximum absolute atomic E-state index is 12.7. The average Bonchev–Trinajstić information content (AvgIpc) is 2.68. The number of para-hydroxylation sites is 1. The molecule has 0 saturated heterocycles. The third kappa shape index (κ3) is 3.51. The lowest BCUT2D eigenvalue weighted by molar-refractivity contribution is 0.102. The van der Waals surface area contributed by atoms with Crippen molar-refractivity contribution in [2.75, 3.05) is 12.4 Å². The number of rotatable bonds is 4. The number of methoxy groups -OCH3 is 1. The van der Waals surface area contributed by atoms with Gasteiger partial charge in [-0.05, 0) is 35.4 Å². The van der Waals surface area contributed by atoms with Crippen LogP contribution < -0.4 is 10.1 Å². The maximum atomic E-state index is 12.7. The first-order chi connectivity index (χ1) is 12.2. The summed E-state index contributed by atoms with van der Waals surface area (Å²) in [7, 11) is 1.53. The zero-order chi connectivity index (χ0) is 17.6. The van der Waals surface area contributed by atoms with Gasteiger partial charge >= 0.3 is 0 Å². The van der Waals surface area contributed by atoms with Crippen LogP contribution in [0.25, 0.3) is 11.1 Å². The average molecular weight is 328 g/mol. The van der Waals surface area contributed by atoms with Crippen molar-refractivity contribution in [1.82, 2.24) is 0 Å². The molecule has 0 heterocycles. The molecule has 0 aromatic heterocycles. The number of carbonyl (C=O) groups is 1. The topological polar surface area (TPSA) is 62.1 Å². The van der Waals surface area contributed by atoms with Crippen molar-refractivity contribution >= 4 is 11.6 Å². The summed E-state index contributed by atoms with van der Waals surface area (Å²) >= 11 is 0. The van der Waals surface area contributed by atoms with Crippen LogP contribution in [0.4, 0.5) is 5.69 Å². The molecule has 3 aromatic rings. The first-order valence-corrected chi connectivity index (χ1v) is 7.77. The second-order valence-corrected chi connectivity index (χ2v) is 5.39. The number of amides is 1. The van der Waals surface area contributed by atoms with E-state index in [9.17, 15) is 4.79 Å². The molecule has 0 aliphatic rings. The van der Waals surface area contributed by atoms with Crippen LogP contribution in [-0.4, -0.2) is 13.0 Å². The monoisotopic (exact) mass is 328 g/mol. The first-order valence-electron chi connectivity index (χ1n) is 7.77. The van der Waals surface area contributed by atoms with E-state index in [0.29, 0.717) is 22.6 Å². The third-order valence-corrected chi connectivity index (χ3v) is 3.85. The molecule has 25 heavy (non-hydrogen) atoms. The molecule has 1 N–H and O–H groups in total. The van der Waals surface area contributed by atoms with Gasteiger partial charge in [-0.25, -0.2) is 0 Å². The fourth-order valence-electron chi connectivity index (χ4n) is 2.57. The fourth-order valence-corrected chi connectivity index (χ4v) is 2.57. The molecule has 1 amide bonds. The van der Waals surface area contributed by atoms with Gasteiger partial charge in [-0.3, -0.25) is 4.79 Å². The summed E-state index contributed by atoms with van der Waals surface area (Å²) < 4.78 is 5.33. The maximum Gasteiger partial charge on any atom is 0.259 e. The summed E-state index contributed by atoms with van der Waals surface area (Å²) in [6.45, 7) is 0. The molecule has 0 radical (unpaired) electrons. The molecule has 4 heteroatoms. The summed E-state index contributed by atoms with van der Waals surface area (Å²) in [5, 5.41) is 12.0.